The van der Waals surface area contributed by atoms with Gasteiger partial charge in [-0.15, -0.1) is 13.2 Å². The molecule has 0 N–H and O–H groups in total. The monoisotopic (exact) mass is 328 g/mol. The number of alkyl halides is 5. The second-order valence-corrected chi connectivity index (χ2v) is 6.96. The number of hydrogen-bond acceptors (Lipinski definition) is 1. The van der Waals surface area contributed by atoms with Crippen LogP contribution in [0.1, 0.15) is 58.3 Å². The Kier molecular flexibility index (Phi) is 5.73. The van der Waals surface area contributed by atoms with Crippen LogP contribution in [0.15, 0.2) is 0 Å². The highest BCUT2D eigenvalue weighted by Gasteiger charge is 2.48. The summed E-state index contributed by atoms with van der Waals surface area (Å²) in [6, 6.07) is 0. The average Bonchev–Trinajstić information content (AvgIpc) is 2.44. The van der Waals surface area contributed by atoms with Crippen molar-refractivity contribution in [2.24, 2.45) is 23.7 Å². The minimum absolute atomic E-state index is 0.0225. The van der Waals surface area contributed by atoms with Gasteiger partial charge in [-0.3, -0.25) is 4.74 Å². The van der Waals surface area contributed by atoms with Gasteiger partial charge in [0.25, 0.3) is 5.92 Å². The lowest BCUT2D eigenvalue weighted by atomic mass is 9.67. The first kappa shape index (κ1) is 18.0. The van der Waals surface area contributed by atoms with Gasteiger partial charge in [-0.1, -0.05) is 13.3 Å². The highest BCUT2D eigenvalue weighted by Crippen LogP contribution is 2.49. The Labute approximate surface area is 128 Å². The van der Waals surface area contributed by atoms with Crippen molar-refractivity contribution in [2.75, 3.05) is 6.61 Å². The predicted octanol–water partition coefficient (Wildman–Crippen LogP) is 5.79. The normalized spacial score (nSPS) is 36.3. The maximum Gasteiger partial charge on any atom is 0.522 e. The van der Waals surface area contributed by atoms with Crippen molar-refractivity contribution in [1.29, 1.82) is 0 Å². The SMILES string of the molecule is CCC1CCC(C2CCC(COC(F)(F)F)CC2)C(F)(F)C1. The van der Waals surface area contributed by atoms with Crippen molar-refractivity contribution in [2.45, 2.75) is 70.6 Å². The molecule has 0 aliphatic heterocycles. The fourth-order valence-electron chi connectivity index (χ4n) is 4.16. The Balaban J connectivity index is 1.81. The van der Waals surface area contributed by atoms with Crippen LogP contribution in [-0.4, -0.2) is 18.9 Å². The lowest BCUT2D eigenvalue weighted by Gasteiger charge is -2.42. The molecule has 2 unspecified atom stereocenters. The van der Waals surface area contributed by atoms with Gasteiger partial charge < -0.3 is 0 Å². The number of hydrogen-bond donors (Lipinski definition) is 0. The van der Waals surface area contributed by atoms with E-state index in [4.69, 9.17) is 0 Å². The summed E-state index contributed by atoms with van der Waals surface area (Å²) in [7, 11) is 0. The smallest absolute Gasteiger partial charge is 0.292 e. The van der Waals surface area contributed by atoms with Crippen molar-refractivity contribution in [3.05, 3.63) is 0 Å². The molecule has 2 aliphatic rings. The van der Waals surface area contributed by atoms with Crippen LogP contribution in [0.2, 0.25) is 0 Å². The molecule has 2 atom stereocenters. The third-order valence-corrected chi connectivity index (χ3v) is 5.51. The molecule has 0 heterocycles. The van der Waals surface area contributed by atoms with Crippen LogP contribution in [0.4, 0.5) is 22.0 Å². The molecule has 6 heteroatoms. The van der Waals surface area contributed by atoms with E-state index in [1.54, 1.807) is 0 Å². The third-order valence-electron chi connectivity index (χ3n) is 5.51. The van der Waals surface area contributed by atoms with Gasteiger partial charge in [0.1, 0.15) is 0 Å². The minimum atomic E-state index is -4.59. The van der Waals surface area contributed by atoms with E-state index in [0.717, 1.165) is 12.8 Å². The largest absolute Gasteiger partial charge is 0.522 e. The standard InChI is InChI=1S/C16H25F5O/c1-2-11-5-8-14(15(17,18)9-11)13-6-3-12(4-7-13)10-22-16(19,20)21/h11-14H,2-10H2,1H3. The Morgan fingerprint density at radius 1 is 0.955 bits per heavy atom. The summed E-state index contributed by atoms with van der Waals surface area (Å²) < 4.78 is 68.6. The maximum atomic E-state index is 14.3. The maximum absolute atomic E-state index is 14.3. The molecule has 0 aromatic carbocycles. The van der Waals surface area contributed by atoms with Gasteiger partial charge in [0.2, 0.25) is 0 Å². The van der Waals surface area contributed by atoms with Crippen molar-refractivity contribution in [3.8, 4) is 0 Å². The van der Waals surface area contributed by atoms with Gasteiger partial charge in [0, 0.05) is 12.3 Å². The molecule has 2 aliphatic carbocycles. The summed E-state index contributed by atoms with van der Waals surface area (Å²) in [6.45, 7) is 1.61. The van der Waals surface area contributed by atoms with Crippen LogP contribution in [0.25, 0.3) is 0 Å². The Morgan fingerprint density at radius 2 is 1.55 bits per heavy atom. The Morgan fingerprint density at radius 3 is 2.05 bits per heavy atom. The zero-order chi connectivity index (χ0) is 16.4. The molecule has 0 aromatic rings. The van der Waals surface area contributed by atoms with Gasteiger partial charge in [0.15, 0.2) is 0 Å². The van der Waals surface area contributed by atoms with E-state index in [-0.39, 0.29) is 30.8 Å². The number of halogens is 5. The predicted molar refractivity (Wildman–Crippen MR) is 73.5 cm³/mol. The summed E-state index contributed by atoms with van der Waals surface area (Å²) in [5.74, 6) is -3.28. The van der Waals surface area contributed by atoms with E-state index in [1.165, 1.54) is 0 Å². The summed E-state index contributed by atoms with van der Waals surface area (Å²) in [5, 5.41) is 0. The minimum Gasteiger partial charge on any atom is -0.292 e. The fraction of sp³-hybridized carbons (Fsp3) is 1.00. The van der Waals surface area contributed by atoms with Crippen molar-refractivity contribution in [3.63, 3.8) is 0 Å². The first-order chi connectivity index (χ1) is 10.2. The van der Waals surface area contributed by atoms with E-state index in [0.29, 0.717) is 32.1 Å². The molecule has 130 valence electrons. The molecule has 1 nitrogen and oxygen atoms in total. The summed E-state index contributed by atoms with van der Waals surface area (Å²) >= 11 is 0. The Hall–Kier alpha value is -0.390. The first-order valence-electron chi connectivity index (χ1n) is 8.29. The molecule has 0 amide bonds. The van der Waals surface area contributed by atoms with E-state index >= 15 is 0 Å². The van der Waals surface area contributed by atoms with Crippen molar-refractivity contribution in [1.82, 2.24) is 0 Å². The summed E-state index contributed by atoms with van der Waals surface area (Å²) in [5.41, 5.74) is 0. The zero-order valence-corrected chi connectivity index (χ0v) is 13.0. The van der Waals surface area contributed by atoms with E-state index < -0.39 is 18.2 Å². The average molecular weight is 328 g/mol. The first-order valence-corrected chi connectivity index (χ1v) is 8.29. The third kappa shape index (κ3) is 4.80. The molecule has 0 bridgehead atoms. The van der Waals surface area contributed by atoms with Gasteiger partial charge >= 0.3 is 6.36 Å². The van der Waals surface area contributed by atoms with Crippen LogP contribution in [0, 0.1) is 23.7 Å². The second-order valence-electron chi connectivity index (χ2n) is 6.96. The Bertz CT molecular complexity index is 347. The van der Waals surface area contributed by atoms with Gasteiger partial charge in [-0.25, -0.2) is 8.78 Å². The van der Waals surface area contributed by atoms with Crippen LogP contribution in [-0.2, 0) is 4.74 Å². The number of rotatable bonds is 4. The van der Waals surface area contributed by atoms with Crippen molar-refractivity contribution >= 4 is 0 Å². The molecule has 0 saturated heterocycles. The topological polar surface area (TPSA) is 9.23 Å². The molecular formula is C16H25F5O. The van der Waals surface area contributed by atoms with Gasteiger partial charge in [-0.05, 0) is 56.3 Å². The highest BCUT2D eigenvalue weighted by molar-refractivity contribution is 4.91. The summed E-state index contributed by atoms with van der Waals surface area (Å²) in [6.07, 6.45) is -0.0911. The lowest BCUT2D eigenvalue weighted by Crippen LogP contribution is -2.41. The molecule has 0 radical (unpaired) electrons. The zero-order valence-electron chi connectivity index (χ0n) is 13.0. The van der Waals surface area contributed by atoms with Crippen LogP contribution in [0.5, 0.6) is 0 Å². The molecule has 2 fully saturated rings. The van der Waals surface area contributed by atoms with E-state index in [9.17, 15) is 22.0 Å². The van der Waals surface area contributed by atoms with E-state index in [1.807, 2.05) is 6.92 Å². The molecule has 2 rings (SSSR count). The molecule has 0 aromatic heterocycles. The highest BCUT2D eigenvalue weighted by atomic mass is 19.4. The molecule has 2 saturated carbocycles. The summed E-state index contributed by atoms with van der Waals surface area (Å²) in [4.78, 5) is 0. The van der Waals surface area contributed by atoms with Gasteiger partial charge in [0.05, 0.1) is 6.61 Å². The molecule has 0 spiro atoms. The van der Waals surface area contributed by atoms with Crippen molar-refractivity contribution < 1.29 is 26.7 Å². The quantitative estimate of drug-likeness (QED) is 0.593. The van der Waals surface area contributed by atoms with Crippen LogP contribution < -0.4 is 0 Å². The fourth-order valence-corrected chi connectivity index (χ4v) is 4.16. The second kappa shape index (κ2) is 7.02. The number of ether oxygens (including phenoxy) is 1. The van der Waals surface area contributed by atoms with Gasteiger partial charge in [-0.2, -0.15) is 0 Å². The molecular weight excluding hydrogens is 303 g/mol. The molecule has 22 heavy (non-hydrogen) atoms. The van der Waals surface area contributed by atoms with Crippen LogP contribution >= 0.6 is 0 Å². The van der Waals surface area contributed by atoms with E-state index in [2.05, 4.69) is 4.74 Å². The van der Waals surface area contributed by atoms with Crippen LogP contribution in [0.3, 0.4) is 0 Å². The lowest BCUT2D eigenvalue weighted by molar-refractivity contribution is -0.329.